The molecule has 0 unspecified atom stereocenters. The van der Waals surface area contributed by atoms with Gasteiger partial charge in [-0.15, -0.1) is 0 Å². The normalized spacial score (nSPS) is 11.1. The van der Waals surface area contributed by atoms with Crippen LogP contribution >= 0.6 is 0 Å². The van der Waals surface area contributed by atoms with Crippen molar-refractivity contribution in [2.75, 3.05) is 18.4 Å². The average Bonchev–Trinajstić information content (AvgIpc) is 3.09. The number of imidazole rings is 1. The highest BCUT2D eigenvalue weighted by Crippen LogP contribution is 2.20. The van der Waals surface area contributed by atoms with Gasteiger partial charge in [0.2, 0.25) is 11.9 Å². The highest BCUT2D eigenvalue weighted by atomic mass is 16.2. The first-order valence-corrected chi connectivity index (χ1v) is 10.5. The van der Waals surface area contributed by atoms with Gasteiger partial charge in [-0.1, -0.05) is 30.7 Å². The number of aryl methyl sites for hydroxylation is 3. The van der Waals surface area contributed by atoms with Gasteiger partial charge in [0.25, 0.3) is 5.56 Å². The molecule has 0 bridgehead atoms. The van der Waals surface area contributed by atoms with Gasteiger partial charge >= 0.3 is 5.69 Å². The zero-order valence-corrected chi connectivity index (χ0v) is 18.8. The number of fused-ring (bicyclic) bond motifs is 1. The molecule has 1 aromatic carbocycles. The van der Waals surface area contributed by atoms with Crippen LogP contribution in [0.25, 0.3) is 11.2 Å². The van der Waals surface area contributed by atoms with Crippen LogP contribution in [0.15, 0.2) is 27.8 Å². The van der Waals surface area contributed by atoms with Crippen LogP contribution in [-0.2, 0) is 25.4 Å². The number of amides is 1. The van der Waals surface area contributed by atoms with Gasteiger partial charge in [0, 0.05) is 33.6 Å². The lowest BCUT2D eigenvalue weighted by Gasteiger charge is -2.13. The molecule has 0 aliphatic carbocycles. The summed E-state index contributed by atoms with van der Waals surface area (Å²) in [6.45, 7) is 7.32. The van der Waals surface area contributed by atoms with Crippen LogP contribution in [-0.4, -0.2) is 37.7 Å². The number of carbonyl (C=O) groups excluding carboxylic acids is 1. The number of hydrogen-bond acceptors (Lipinski definition) is 5. The fraction of sp³-hybridized carbons (Fsp3) is 0.455. The molecular formula is C22H30N6O3. The quantitative estimate of drug-likeness (QED) is 0.531. The zero-order chi connectivity index (χ0) is 22.7. The van der Waals surface area contributed by atoms with Crippen molar-refractivity contribution in [1.82, 2.24) is 24.0 Å². The molecule has 0 aliphatic heterocycles. The van der Waals surface area contributed by atoms with Crippen molar-refractivity contribution < 1.29 is 4.79 Å². The summed E-state index contributed by atoms with van der Waals surface area (Å²) >= 11 is 0. The molecule has 9 nitrogen and oxygen atoms in total. The van der Waals surface area contributed by atoms with Crippen molar-refractivity contribution in [2.24, 2.45) is 14.1 Å². The number of nitrogens with zero attached hydrogens (tertiary/aromatic N) is 4. The van der Waals surface area contributed by atoms with Crippen LogP contribution in [0.1, 0.15) is 36.5 Å². The maximum atomic E-state index is 13.0. The predicted octanol–water partition coefficient (Wildman–Crippen LogP) is 1.43. The summed E-state index contributed by atoms with van der Waals surface area (Å²) in [6, 6.07) is 6.18. The fourth-order valence-corrected chi connectivity index (χ4v) is 3.57. The minimum absolute atomic E-state index is 0.00412. The van der Waals surface area contributed by atoms with E-state index < -0.39 is 5.69 Å². The molecule has 2 N–H and O–H groups in total. The minimum atomic E-state index is -0.424. The van der Waals surface area contributed by atoms with Crippen molar-refractivity contribution in [3.05, 3.63) is 55.7 Å². The van der Waals surface area contributed by atoms with Gasteiger partial charge in [0.05, 0.1) is 6.54 Å². The summed E-state index contributed by atoms with van der Waals surface area (Å²) in [6.07, 6.45) is 1.28. The van der Waals surface area contributed by atoms with E-state index in [9.17, 15) is 14.4 Å². The van der Waals surface area contributed by atoms with Gasteiger partial charge in [-0.05, 0) is 31.4 Å². The van der Waals surface area contributed by atoms with Crippen LogP contribution in [0.4, 0.5) is 5.95 Å². The van der Waals surface area contributed by atoms with E-state index in [2.05, 4.69) is 21.7 Å². The monoisotopic (exact) mass is 426 g/mol. The summed E-state index contributed by atoms with van der Waals surface area (Å²) < 4.78 is 4.29. The second kappa shape index (κ2) is 9.20. The number of aromatic nitrogens is 4. The molecule has 0 saturated carbocycles. The van der Waals surface area contributed by atoms with Gasteiger partial charge in [0.15, 0.2) is 11.2 Å². The Kier molecular flexibility index (Phi) is 6.62. The molecule has 2 aromatic heterocycles. The molecule has 31 heavy (non-hydrogen) atoms. The molecule has 0 radical (unpaired) electrons. The van der Waals surface area contributed by atoms with E-state index in [1.54, 1.807) is 7.05 Å². The molecule has 166 valence electrons. The zero-order valence-electron chi connectivity index (χ0n) is 18.8. The van der Waals surface area contributed by atoms with Gasteiger partial charge in [-0.2, -0.15) is 4.98 Å². The maximum absolute atomic E-state index is 13.0. The molecule has 0 saturated heterocycles. The third kappa shape index (κ3) is 4.55. The van der Waals surface area contributed by atoms with Crippen LogP contribution < -0.4 is 21.9 Å². The third-order valence-corrected chi connectivity index (χ3v) is 5.39. The van der Waals surface area contributed by atoms with E-state index in [-0.39, 0.29) is 11.5 Å². The lowest BCUT2D eigenvalue weighted by molar-refractivity contribution is -0.121. The van der Waals surface area contributed by atoms with E-state index in [0.717, 1.165) is 27.7 Å². The third-order valence-electron chi connectivity index (χ3n) is 5.39. The SMILES string of the molecule is CCCC(=O)NCCNc1nc2c(c(=O)n(C)c(=O)n2C)n1Cc1cc(C)ccc1C. The first kappa shape index (κ1) is 22.3. The van der Waals surface area contributed by atoms with E-state index >= 15 is 0 Å². The number of benzene rings is 1. The Morgan fingerprint density at radius 2 is 1.84 bits per heavy atom. The highest BCUT2D eigenvalue weighted by molar-refractivity contribution is 5.76. The molecule has 3 rings (SSSR count). The van der Waals surface area contributed by atoms with Crippen molar-refractivity contribution in [1.29, 1.82) is 0 Å². The molecule has 0 fully saturated rings. The largest absolute Gasteiger partial charge is 0.354 e. The van der Waals surface area contributed by atoms with E-state index in [4.69, 9.17) is 0 Å². The summed E-state index contributed by atoms with van der Waals surface area (Å²) in [7, 11) is 3.07. The smallest absolute Gasteiger partial charge is 0.332 e. The van der Waals surface area contributed by atoms with Crippen molar-refractivity contribution >= 4 is 23.0 Å². The van der Waals surface area contributed by atoms with E-state index in [0.29, 0.717) is 43.2 Å². The lowest BCUT2D eigenvalue weighted by atomic mass is 10.1. The minimum Gasteiger partial charge on any atom is -0.354 e. The maximum Gasteiger partial charge on any atom is 0.332 e. The first-order chi connectivity index (χ1) is 14.7. The molecular weight excluding hydrogens is 396 g/mol. The Morgan fingerprint density at radius 1 is 1.10 bits per heavy atom. The van der Waals surface area contributed by atoms with Gasteiger partial charge < -0.3 is 10.6 Å². The molecule has 3 aromatic rings. The fourth-order valence-electron chi connectivity index (χ4n) is 3.57. The van der Waals surface area contributed by atoms with Crippen LogP contribution in [0.3, 0.4) is 0 Å². The summed E-state index contributed by atoms with van der Waals surface area (Å²) in [5.41, 5.74) is 3.17. The lowest BCUT2D eigenvalue weighted by Crippen LogP contribution is -2.37. The summed E-state index contributed by atoms with van der Waals surface area (Å²) in [5, 5.41) is 6.08. The van der Waals surface area contributed by atoms with E-state index in [1.807, 2.05) is 37.5 Å². The number of anilines is 1. The Labute approximate surface area is 180 Å². The number of nitrogens with one attached hydrogen (secondary N) is 2. The van der Waals surface area contributed by atoms with Crippen molar-refractivity contribution in [3.8, 4) is 0 Å². The number of carbonyl (C=O) groups is 1. The van der Waals surface area contributed by atoms with Crippen molar-refractivity contribution in [2.45, 2.75) is 40.2 Å². The van der Waals surface area contributed by atoms with E-state index in [1.165, 1.54) is 11.6 Å². The molecule has 0 aliphatic rings. The highest BCUT2D eigenvalue weighted by Gasteiger charge is 2.19. The van der Waals surface area contributed by atoms with Crippen LogP contribution in [0.2, 0.25) is 0 Å². The number of rotatable bonds is 8. The topological polar surface area (TPSA) is 103 Å². The Hall–Kier alpha value is -3.36. The van der Waals surface area contributed by atoms with Crippen LogP contribution in [0.5, 0.6) is 0 Å². The van der Waals surface area contributed by atoms with Gasteiger partial charge in [0.1, 0.15) is 0 Å². The van der Waals surface area contributed by atoms with Crippen molar-refractivity contribution in [3.63, 3.8) is 0 Å². The Morgan fingerprint density at radius 3 is 2.55 bits per heavy atom. The Bertz CT molecular complexity index is 1230. The summed E-state index contributed by atoms with van der Waals surface area (Å²) in [4.78, 5) is 41.6. The molecule has 9 heteroatoms. The summed E-state index contributed by atoms with van der Waals surface area (Å²) in [5.74, 6) is 0.489. The average molecular weight is 427 g/mol. The van der Waals surface area contributed by atoms with Crippen LogP contribution in [0, 0.1) is 13.8 Å². The first-order valence-electron chi connectivity index (χ1n) is 10.5. The predicted molar refractivity (Wildman–Crippen MR) is 122 cm³/mol. The van der Waals surface area contributed by atoms with Gasteiger partial charge in [-0.3, -0.25) is 23.3 Å². The second-order valence-corrected chi connectivity index (χ2v) is 7.86. The molecule has 1 amide bonds. The number of hydrogen-bond donors (Lipinski definition) is 2. The van der Waals surface area contributed by atoms with Gasteiger partial charge in [-0.25, -0.2) is 4.79 Å². The molecule has 0 atom stereocenters. The second-order valence-electron chi connectivity index (χ2n) is 7.86. The molecule has 0 spiro atoms. The molecule has 2 heterocycles. The Balaban J connectivity index is 2.03. The standard InChI is InChI=1S/C22H30N6O3/c1-6-7-17(29)23-10-11-24-21-25-19-18(20(30)27(5)22(31)26(19)4)28(21)13-16-12-14(2)8-9-15(16)3/h8-9,12H,6-7,10-11,13H2,1-5H3,(H,23,29)(H,24,25).